The van der Waals surface area contributed by atoms with E-state index in [9.17, 15) is 4.79 Å². The highest BCUT2D eigenvalue weighted by Crippen LogP contribution is 2.23. The molecule has 1 aromatic heterocycles. The molecule has 0 saturated carbocycles. The first-order valence-corrected chi connectivity index (χ1v) is 8.14. The molecule has 0 unspecified atom stereocenters. The summed E-state index contributed by atoms with van der Waals surface area (Å²) in [6, 6.07) is 17.9. The molecule has 1 N–H and O–H groups in total. The Kier molecular flexibility index (Phi) is 4.78. The van der Waals surface area contributed by atoms with Gasteiger partial charge in [-0.25, -0.2) is 4.98 Å². The summed E-state index contributed by atoms with van der Waals surface area (Å²) >= 11 is 1.51. The molecule has 2 aromatic carbocycles. The fourth-order valence-corrected chi connectivity index (χ4v) is 2.92. The number of hydrogen-bond acceptors (Lipinski definition) is 4. The molecule has 0 aliphatic heterocycles. The standard InChI is InChI=1S/C18H16N2O2S/c1-22-18-9-7-15(11-19-18)20-17(21)12-23-16-8-6-13-4-2-3-5-14(13)10-16/h2-11H,12H2,1H3,(H,20,21). The molecular weight excluding hydrogens is 308 g/mol. The van der Waals surface area contributed by atoms with Gasteiger partial charge >= 0.3 is 0 Å². The van der Waals surface area contributed by atoms with Crippen LogP contribution in [0.25, 0.3) is 10.8 Å². The number of aromatic nitrogens is 1. The van der Waals surface area contributed by atoms with Crippen molar-refractivity contribution in [2.24, 2.45) is 0 Å². The third kappa shape index (κ3) is 4.02. The number of methoxy groups -OCH3 is 1. The number of anilines is 1. The Bertz CT molecular complexity index is 819. The molecule has 116 valence electrons. The van der Waals surface area contributed by atoms with Crippen LogP contribution in [0.5, 0.6) is 5.88 Å². The van der Waals surface area contributed by atoms with Crippen molar-refractivity contribution in [2.75, 3.05) is 18.2 Å². The van der Waals surface area contributed by atoms with Crippen LogP contribution in [0.4, 0.5) is 5.69 Å². The third-order valence-corrected chi connectivity index (χ3v) is 4.31. The van der Waals surface area contributed by atoms with E-state index in [4.69, 9.17) is 4.74 Å². The minimum Gasteiger partial charge on any atom is -0.481 e. The lowest BCUT2D eigenvalue weighted by Crippen LogP contribution is -2.14. The Hall–Kier alpha value is -2.53. The van der Waals surface area contributed by atoms with Crippen molar-refractivity contribution in [3.8, 4) is 5.88 Å². The third-order valence-electron chi connectivity index (χ3n) is 3.32. The monoisotopic (exact) mass is 324 g/mol. The molecule has 1 heterocycles. The Morgan fingerprint density at radius 1 is 1.13 bits per heavy atom. The lowest BCUT2D eigenvalue weighted by molar-refractivity contribution is -0.113. The highest BCUT2D eigenvalue weighted by molar-refractivity contribution is 8.00. The number of amides is 1. The second kappa shape index (κ2) is 7.15. The van der Waals surface area contributed by atoms with E-state index in [2.05, 4.69) is 34.6 Å². The summed E-state index contributed by atoms with van der Waals surface area (Å²) in [5.74, 6) is 0.813. The van der Waals surface area contributed by atoms with Gasteiger partial charge in [-0.15, -0.1) is 11.8 Å². The van der Waals surface area contributed by atoms with Crippen molar-refractivity contribution in [1.29, 1.82) is 0 Å². The van der Waals surface area contributed by atoms with Crippen LogP contribution in [0, 0.1) is 0 Å². The van der Waals surface area contributed by atoms with E-state index in [1.165, 1.54) is 22.5 Å². The number of carbonyl (C=O) groups excluding carboxylic acids is 1. The maximum absolute atomic E-state index is 12.0. The van der Waals surface area contributed by atoms with Crippen LogP contribution in [-0.4, -0.2) is 23.8 Å². The first-order valence-electron chi connectivity index (χ1n) is 7.16. The molecule has 0 spiro atoms. The Morgan fingerprint density at radius 2 is 1.96 bits per heavy atom. The maximum atomic E-state index is 12.0. The number of benzene rings is 2. The lowest BCUT2D eigenvalue weighted by Gasteiger charge is -2.06. The van der Waals surface area contributed by atoms with Crippen LogP contribution in [0.3, 0.4) is 0 Å². The summed E-state index contributed by atoms with van der Waals surface area (Å²) in [5, 5.41) is 5.20. The fourth-order valence-electron chi connectivity index (χ4n) is 2.18. The van der Waals surface area contributed by atoms with Crippen molar-refractivity contribution in [1.82, 2.24) is 4.98 Å². The molecule has 5 heteroatoms. The molecule has 0 bridgehead atoms. The first-order chi connectivity index (χ1) is 11.2. The zero-order valence-electron chi connectivity index (χ0n) is 12.7. The maximum Gasteiger partial charge on any atom is 0.234 e. The molecule has 23 heavy (non-hydrogen) atoms. The molecule has 0 fully saturated rings. The SMILES string of the molecule is COc1ccc(NC(=O)CSc2ccc3ccccc3c2)cn1. The van der Waals surface area contributed by atoms with Gasteiger partial charge in [-0.05, 0) is 29.0 Å². The molecule has 4 nitrogen and oxygen atoms in total. The second-order valence-electron chi connectivity index (χ2n) is 4.94. The second-order valence-corrected chi connectivity index (χ2v) is 5.98. The number of thioether (sulfide) groups is 1. The lowest BCUT2D eigenvalue weighted by atomic mass is 10.1. The van der Waals surface area contributed by atoms with Crippen molar-refractivity contribution in [2.45, 2.75) is 4.90 Å². The molecule has 0 aliphatic carbocycles. The van der Waals surface area contributed by atoms with Crippen LogP contribution in [0.1, 0.15) is 0 Å². The Morgan fingerprint density at radius 3 is 2.70 bits per heavy atom. The highest BCUT2D eigenvalue weighted by atomic mass is 32.2. The average molecular weight is 324 g/mol. The van der Waals surface area contributed by atoms with E-state index in [0.29, 0.717) is 17.3 Å². The van der Waals surface area contributed by atoms with Gasteiger partial charge in [0.05, 0.1) is 24.7 Å². The first kappa shape index (κ1) is 15.4. The van der Waals surface area contributed by atoms with Gasteiger partial charge in [0.2, 0.25) is 11.8 Å². The largest absolute Gasteiger partial charge is 0.481 e. The van der Waals surface area contributed by atoms with Crippen molar-refractivity contribution in [3.63, 3.8) is 0 Å². The summed E-state index contributed by atoms with van der Waals surface area (Å²) in [6.45, 7) is 0. The van der Waals surface area contributed by atoms with E-state index in [1.807, 2.05) is 18.2 Å². The molecule has 0 aliphatic rings. The normalized spacial score (nSPS) is 10.5. The van der Waals surface area contributed by atoms with Crippen molar-refractivity contribution < 1.29 is 9.53 Å². The number of fused-ring (bicyclic) bond motifs is 1. The number of rotatable bonds is 5. The van der Waals surface area contributed by atoms with Crippen molar-refractivity contribution >= 4 is 34.1 Å². The van der Waals surface area contributed by atoms with Crippen molar-refractivity contribution in [3.05, 3.63) is 60.8 Å². The summed E-state index contributed by atoms with van der Waals surface area (Å²) in [5.41, 5.74) is 0.662. The van der Waals surface area contributed by atoms with Crippen LogP contribution >= 0.6 is 11.8 Å². The fraction of sp³-hybridized carbons (Fsp3) is 0.111. The van der Waals surface area contributed by atoms with Gasteiger partial charge in [-0.3, -0.25) is 4.79 Å². The van der Waals surface area contributed by atoms with Gasteiger partial charge in [0.25, 0.3) is 0 Å². The molecule has 1 amide bonds. The van der Waals surface area contributed by atoms with E-state index in [-0.39, 0.29) is 5.91 Å². The average Bonchev–Trinajstić information content (AvgIpc) is 2.60. The Labute approximate surface area is 138 Å². The summed E-state index contributed by atoms with van der Waals surface area (Å²) in [7, 11) is 1.56. The van der Waals surface area contributed by atoms with Gasteiger partial charge in [-0.1, -0.05) is 30.3 Å². The molecular formula is C18H16N2O2S. The number of nitrogens with zero attached hydrogens (tertiary/aromatic N) is 1. The summed E-state index contributed by atoms with van der Waals surface area (Å²) in [4.78, 5) is 17.1. The predicted octanol–water partition coefficient (Wildman–Crippen LogP) is 3.97. The van der Waals surface area contributed by atoms with E-state index < -0.39 is 0 Å². The molecule has 0 radical (unpaired) electrons. The van der Waals surface area contributed by atoms with Gasteiger partial charge in [0.1, 0.15) is 0 Å². The van der Waals surface area contributed by atoms with Gasteiger partial charge in [0, 0.05) is 11.0 Å². The number of hydrogen-bond donors (Lipinski definition) is 1. The van der Waals surface area contributed by atoms with E-state index in [1.54, 1.807) is 25.4 Å². The molecule has 0 atom stereocenters. The molecule has 0 saturated heterocycles. The number of nitrogens with one attached hydrogen (secondary N) is 1. The van der Waals surface area contributed by atoms with Crippen LogP contribution in [-0.2, 0) is 4.79 Å². The zero-order chi connectivity index (χ0) is 16.1. The molecule has 3 aromatic rings. The van der Waals surface area contributed by atoms with E-state index in [0.717, 1.165) is 4.90 Å². The predicted molar refractivity (Wildman–Crippen MR) is 94.1 cm³/mol. The van der Waals surface area contributed by atoms with Crippen LogP contribution in [0.15, 0.2) is 65.7 Å². The minimum atomic E-state index is -0.0601. The molecule has 3 rings (SSSR count). The quantitative estimate of drug-likeness (QED) is 0.721. The summed E-state index contributed by atoms with van der Waals surface area (Å²) in [6.07, 6.45) is 1.58. The number of pyridine rings is 1. The summed E-state index contributed by atoms with van der Waals surface area (Å²) < 4.78 is 4.99. The smallest absolute Gasteiger partial charge is 0.234 e. The van der Waals surface area contributed by atoms with Gasteiger partial charge in [-0.2, -0.15) is 0 Å². The highest BCUT2D eigenvalue weighted by Gasteiger charge is 2.05. The number of ether oxygens (including phenoxy) is 1. The Balaban J connectivity index is 1.58. The topological polar surface area (TPSA) is 51.2 Å². The van der Waals surface area contributed by atoms with Crippen LogP contribution in [0.2, 0.25) is 0 Å². The van der Waals surface area contributed by atoms with Crippen LogP contribution < -0.4 is 10.1 Å². The van der Waals surface area contributed by atoms with Gasteiger partial charge < -0.3 is 10.1 Å². The number of carbonyl (C=O) groups is 1. The van der Waals surface area contributed by atoms with E-state index >= 15 is 0 Å². The zero-order valence-corrected chi connectivity index (χ0v) is 13.5. The van der Waals surface area contributed by atoms with Gasteiger partial charge in [0.15, 0.2) is 0 Å². The minimum absolute atomic E-state index is 0.0601.